The van der Waals surface area contributed by atoms with E-state index in [-0.39, 0.29) is 5.69 Å². The molecule has 0 atom stereocenters. The van der Waals surface area contributed by atoms with Gasteiger partial charge < -0.3 is 0 Å². The van der Waals surface area contributed by atoms with Crippen molar-refractivity contribution >= 4 is 72.3 Å². The molecule has 0 heterocycles. The Hall–Kier alpha value is 0.140. The molecule has 0 saturated heterocycles. The molecule has 0 aliphatic carbocycles. The van der Waals surface area contributed by atoms with Crippen molar-refractivity contribution in [3.05, 3.63) is 30.3 Å². The molecule has 21 heavy (non-hydrogen) atoms. The Bertz CT molecular complexity index is 671. The van der Waals surface area contributed by atoms with Crippen LogP contribution >= 0.6 is 46.8 Å². The summed E-state index contributed by atoms with van der Waals surface area (Å²) in [5, 5.41) is 0. The highest BCUT2D eigenvalue weighted by atomic mass is 35.6. The number of hydrogen-bond acceptors (Lipinski definition) is 5. The van der Waals surface area contributed by atoms with Crippen molar-refractivity contribution < 1.29 is 16.8 Å². The monoisotopic (exact) mass is 411 g/mol. The summed E-state index contributed by atoms with van der Waals surface area (Å²) in [7, 11) is -7.41. The second kappa shape index (κ2) is 7.14. The molecule has 0 radical (unpaired) electrons. The number of halogens is 3. The average Bonchev–Trinajstić information content (AvgIpc) is 2.33. The number of hydrogen-bond donors (Lipinski definition) is 0. The summed E-state index contributed by atoms with van der Waals surface area (Å²) >= 11 is 17.4. The fraction of sp³-hybridized carbons (Fsp3) is 0.400. The number of sulfone groups is 1. The van der Waals surface area contributed by atoms with Crippen LogP contribution in [0.3, 0.4) is 0 Å². The number of sulfonamides is 1. The summed E-state index contributed by atoms with van der Waals surface area (Å²) in [6.07, 6.45) is 0.956. The molecule has 120 valence electrons. The molecule has 0 aliphatic heterocycles. The second-order valence-electron chi connectivity index (χ2n) is 4.05. The van der Waals surface area contributed by atoms with Crippen LogP contribution in [0.25, 0.3) is 0 Å². The van der Waals surface area contributed by atoms with Gasteiger partial charge in [-0.05, 0) is 12.1 Å². The lowest BCUT2D eigenvalue weighted by Gasteiger charge is -2.25. The predicted octanol–water partition coefficient (Wildman–Crippen LogP) is 2.84. The van der Waals surface area contributed by atoms with E-state index < -0.39 is 34.5 Å². The van der Waals surface area contributed by atoms with Gasteiger partial charge in [0.1, 0.15) is 9.84 Å². The van der Waals surface area contributed by atoms with Crippen molar-refractivity contribution in [1.29, 1.82) is 0 Å². The van der Waals surface area contributed by atoms with Crippen molar-refractivity contribution in [3.63, 3.8) is 0 Å². The summed E-state index contributed by atoms with van der Waals surface area (Å²) in [6.45, 7) is 0. The Morgan fingerprint density at radius 2 is 1.57 bits per heavy atom. The van der Waals surface area contributed by atoms with Gasteiger partial charge in [0, 0.05) is 18.2 Å². The molecule has 0 fully saturated rings. The van der Waals surface area contributed by atoms with Gasteiger partial charge in [-0.2, -0.15) is 0 Å². The van der Waals surface area contributed by atoms with Gasteiger partial charge in [0.05, 0.1) is 17.2 Å². The SMILES string of the molecule is CS(=O)(=O)CCS(=O)(=O)N(SC(Cl)(Cl)Cl)c1ccccc1. The fourth-order valence-electron chi connectivity index (χ4n) is 1.25. The molecule has 0 aliphatic rings. The van der Waals surface area contributed by atoms with Gasteiger partial charge in [0.15, 0.2) is 0 Å². The Balaban J connectivity index is 3.12. The largest absolute Gasteiger partial charge is 0.257 e. The average molecular weight is 413 g/mol. The third kappa shape index (κ3) is 7.30. The zero-order valence-electron chi connectivity index (χ0n) is 10.7. The van der Waals surface area contributed by atoms with Gasteiger partial charge in [-0.25, -0.2) is 20.5 Å². The molecule has 0 aromatic heterocycles. The highest BCUT2D eigenvalue weighted by Gasteiger charge is 2.33. The first kappa shape index (κ1) is 19.2. The van der Waals surface area contributed by atoms with E-state index in [4.69, 9.17) is 34.8 Å². The highest BCUT2D eigenvalue weighted by Crippen LogP contribution is 2.44. The lowest BCUT2D eigenvalue weighted by atomic mass is 10.3. The van der Waals surface area contributed by atoms with Crippen molar-refractivity contribution in [3.8, 4) is 0 Å². The fourth-order valence-corrected chi connectivity index (χ4v) is 6.33. The van der Waals surface area contributed by atoms with Crippen molar-refractivity contribution in [1.82, 2.24) is 0 Å². The smallest absolute Gasteiger partial charge is 0.229 e. The summed E-state index contributed by atoms with van der Waals surface area (Å²) in [5.41, 5.74) is 0.266. The third-order valence-corrected chi connectivity index (χ3v) is 6.87. The topological polar surface area (TPSA) is 71.5 Å². The van der Waals surface area contributed by atoms with Gasteiger partial charge in [0.25, 0.3) is 3.12 Å². The van der Waals surface area contributed by atoms with E-state index in [1.807, 2.05) is 0 Å². The van der Waals surface area contributed by atoms with E-state index >= 15 is 0 Å². The maximum atomic E-state index is 12.3. The number of rotatable bonds is 6. The molecule has 1 aromatic carbocycles. The van der Waals surface area contributed by atoms with Gasteiger partial charge in [0.2, 0.25) is 10.0 Å². The summed E-state index contributed by atoms with van der Waals surface area (Å²) in [4.78, 5) is 0. The number of anilines is 1. The Morgan fingerprint density at radius 1 is 1.05 bits per heavy atom. The van der Waals surface area contributed by atoms with Crippen molar-refractivity contribution in [2.45, 2.75) is 3.12 Å². The number of benzene rings is 1. The molecule has 0 amide bonds. The van der Waals surface area contributed by atoms with Gasteiger partial charge >= 0.3 is 0 Å². The first-order chi connectivity index (χ1) is 9.41. The maximum absolute atomic E-state index is 12.3. The summed E-state index contributed by atoms with van der Waals surface area (Å²) < 4.78 is 45.9. The van der Waals surface area contributed by atoms with Crippen LogP contribution in [0.4, 0.5) is 5.69 Å². The normalized spacial score (nSPS) is 13.1. The molecule has 0 spiro atoms. The van der Waals surface area contributed by atoms with E-state index in [0.29, 0.717) is 11.9 Å². The van der Waals surface area contributed by atoms with Crippen LogP contribution in [0.5, 0.6) is 0 Å². The van der Waals surface area contributed by atoms with Crippen LogP contribution in [0.1, 0.15) is 0 Å². The second-order valence-corrected chi connectivity index (χ2v) is 12.6. The van der Waals surface area contributed by atoms with Crippen LogP contribution in [0.15, 0.2) is 30.3 Å². The molecule has 11 heteroatoms. The quantitative estimate of drug-likeness (QED) is 0.531. The minimum atomic E-state index is -3.98. The number of alkyl halides is 3. The Morgan fingerprint density at radius 3 is 2.00 bits per heavy atom. The lowest BCUT2D eigenvalue weighted by Crippen LogP contribution is -2.31. The van der Waals surface area contributed by atoms with Crippen LogP contribution < -0.4 is 3.71 Å². The van der Waals surface area contributed by atoms with Crippen LogP contribution in [0.2, 0.25) is 0 Å². The molecule has 1 rings (SSSR count). The molecule has 0 unspecified atom stereocenters. The number of para-hydroxylation sites is 1. The molecule has 1 aromatic rings. The van der Waals surface area contributed by atoms with Gasteiger partial charge in [-0.1, -0.05) is 53.0 Å². The molecule has 0 saturated carbocycles. The zero-order chi connectivity index (χ0) is 16.3. The van der Waals surface area contributed by atoms with E-state index in [2.05, 4.69) is 0 Å². The molecule has 0 N–H and O–H groups in total. The molecule has 5 nitrogen and oxygen atoms in total. The summed E-state index contributed by atoms with van der Waals surface area (Å²) in [6, 6.07) is 7.97. The first-order valence-corrected chi connectivity index (χ1v) is 11.0. The summed E-state index contributed by atoms with van der Waals surface area (Å²) in [5.74, 6) is -1.12. The third-order valence-electron chi connectivity index (χ3n) is 2.12. The van der Waals surface area contributed by atoms with E-state index in [0.717, 1.165) is 9.97 Å². The Labute approximate surface area is 143 Å². The van der Waals surface area contributed by atoms with E-state index in [1.165, 1.54) is 12.1 Å². The van der Waals surface area contributed by atoms with Crippen LogP contribution in [-0.4, -0.2) is 37.7 Å². The standard InChI is InChI=1S/C10H12Cl3NO4S3/c1-20(15,16)7-8-21(17,18)14(19-10(11,12)13)9-5-3-2-4-6-9/h2-6H,7-8H2,1H3. The van der Waals surface area contributed by atoms with Gasteiger partial charge in [-0.3, -0.25) is 0 Å². The minimum absolute atomic E-state index is 0.266. The van der Waals surface area contributed by atoms with Gasteiger partial charge in [-0.15, -0.1) is 0 Å². The number of nitrogens with zero attached hydrogens (tertiary/aromatic N) is 1. The predicted molar refractivity (Wildman–Crippen MR) is 90.3 cm³/mol. The Kier molecular flexibility index (Phi) is 6.53. The van der Waals surface area contributed by atoms with E-state index in [9.17, 15) is 16.8 Å². The lowest BCUT2D eigenvalue weighted by molar-refractivity contribution is 0.591. The van der Waals surface area contributed by atoms with Crippen LogP contribution in [-0.2, 0) is 19.9 Å². The van der Waals surface area contributed by atoms with Crippen molar-refractivity contribution in [2.24, 2.45) is 0 Å². The van der Waals surface area contributed by atoms with Crippen LogP contribution in [0, 0.1) is 0 Å². The molecular weight excluding hydrogens is 401 g/mol. The first-order valence-electron chi connectivity index (χ1n) is 5.42. The molecule has 0 bridgehead atoms. The van der Waals surface area contributed by atoms with Crippen molar-refractivity contribution in [2.75, 3.05) is 21.5 Å². The zero-order valence-corrected chi connectivity index (χ0v) is 15.5. The van der Waals surface area contributed by atoms with E-state index in [1.54, 1.807) is 18.2 Å². The maximum Gasteiger partial charge on any atom is 0.257 e. The molecular formula is C10H12Cl3NO4S3. The highest BCUT2D eigenvalue weighted by molar-refractivity contribution is 8.17. The minimum Gasteiger partial charge on any atom is -0.229 e.